The number of carboxylic acid groups (broad SMARTS) is 1. The van der Waals surface area contributed by atoms with Crippen LogP contribution in [0.2, 0.25) is 0 Å². The van der Waals surface area contributed by atoms with Crippen molar-refractivity contribution in [2.45, 2.75) is 18.9 Å². The van der Waals surface area contributed by atoms with Crippen LogP contribution in [0.25, 0.3) is 0 Å². The van der Waals surface area contributed by atoms with E-state index in [0.717, 1.165) is 0 Å². The molecule has 0 saturated carbocycles. The summed E-state index contributed by atoms with van der Waals surface area (Å²) in [6, 6.07) is -0.000602. The number of aliphatic carboxylic acids is 1. The van der Waals surface area contributed by atoms with E-state index < -0.39 is 15.8 Å². The Morgan fingerprint density at radius 1 is 1.57 bits per heavy atom. The maximum Gasteiger partial charge on any atom is 0.304 e. The minimum atomic E-state index is -2.87. The van der Waals surface area contributed by atoms with Gasteiger partial charge in [-0.1, -0.05) is 0 Å². The lowest BCUT2D eigenvalue weighted by Gasteiger charge is -2.21. The van der Waals surface area contributed by atoms with Crippen molar-refractivity contribution in [3.8, 4) is 0 Å². The molecule has 0 aromatic heterocycles. The topological polar surface area (TPSA) is 74.7 Å². The van der Waals surface area contributed by atoms with Crippen LogP contribution < -0.4 is 0 Å². The molecule has 1 saturated heterocycles. The van der Waals surface area contributed by atoms with Gasteiger partial charge >= 0.3 is 5.97 Å². The van der Waals surface area contributed by atoms with E-state index >= 15 is 0 Å². The first-order chi connectivity index (χ1) is 6.41. The van der Waals surface area contributed by atoms with Crippen molar-refractivity contribution < 1.29 is 18.3 Å². The fourth-order valence-electron chi connectivity index (χ4n) is 1.58. The zero-order chi connectivity index (χ0) is 10.8. The van der Waals surface area contributed by atoms with Gasteiger partial charge in [-0.25, -0.2) is 8.42 Å². The zero-order valence-corrected chi connectivity index (χ0v) is 8.96. The van der Waals surface area contributed by atoms with Crippen LogP contribution in [0, 0.1) is 0 Å². The fraction of sp³-hybridized carbons (Fsp3) is 0.875. The molecule has 0 aromatic carbocycles. The second kappa shape index (κ2) is 4.27. The number of hydrogen-bond donors (Lipinski definition) is 1. The highest BCUT2D eigenvalue weighted by molar-refractivity contribution is 7.91. The third-order valence-corrected chi connectivity index (χ3v) is 4.26. The maximum absolute atomic E-state index is 11.1. The summed E-state index contributed by atoms with van der Waals surface area (Å²) >= 11 is 0. The average molecular weight is 221 g/mol. The predicted molar refractivity (Wildman–Crippen MR) is 51.9 cm³/mol. The third kappa shape index (κ3) is 3.26. The number of rotatable bonds is 4. The summed E-state index contributed by atoms with van der Waals surface area (Å²) in [4.78, 5) is 12.1. The van der Waals surface area contributed by atoms with Crippen LogP contribution in [0.5, 0.6) is 0 Å². The molecule has 1 atom stereocenters. The molecule has 82 valence electrons. The van der Waals surface area contributed by atoms with Gasteiger partial charge < -0.3 is 10.0 Å². The Morgan fingerprint density at radius 3 is 2.64 bits per heavy atom. The first-order valence-electron chi connectivity index (χ1n) is 4.53. The Labute approximate surface area is 83.6 Å². The summed E-state index contributed by atoms with van der Waals surface area (Å²) in [5.74, 6) is -0.448. The van der Waals surface area contributed by atoms with Crippen LogP contribution >= 0.6 is 0 Å². The molecule has 0 aromatic rings. The SMILES string of the molecule is CN(CCC(=O)O)[C@@H]1CCS(=O)(=O)C1. The summed E-state index contributed by atoms with van der Waals surface area (Å²) in [6.45, 7) is 0.412. The molecule has 1 N–H and O–H groups in total. The molecule has 1 aliphatic heterocycles. The average Bonchev–Trinajstić information content (AvgIpc) is 2.41. The summed E-state index contributed by atoms with van der Waals surface area (Å²) in [5, 5.41) is 8.46. The van der Waals surface area contributed by atoms with Gasteiger partial charge in [0.25, 0.3) is 0 Å². The van der Waals surface area contributed by atoms with E-state index in [2.05, 4.69) is 0 Å². The van der Waals surface area contributed by atoms with E-state index in [0.29, 0.717) is 13.0 Å². The molecule has 0 spiro atoms. The van der Waals surface area contributed by atoms with Gasteiger partial charge in [0.05, 0.1) is 17.9 Å². The molecule has 1 rings (SSSR count). The van der Waals surface area contributed by atoms with Crippen LogP contribution in [0.1, 0.15) is 12.8 Å². The van der Waals surface area contributed by atoms with E-state index in [9.17, 15) is 13.2 Å². The van der Waals surface area contributed by atoms with Crippen molar-refractivity contribution in [1.29, 1.82) is 0 Å². The molecule has 1 heterocycles. The lowest BCUT2D eigenvalue weighted by atomic mass is 10.2. The molecule has 0 radical (unpaired) electrons. The van der Waals surface area contributed by atoms with Crippen molar-refractivity contribution in [3.05, 3.63) is 0 Å². The Hall–Kier alpha value is -0.620. The van der Waals surface area contributed by atoms with E-state index in [1.165, 1.54) is 0 Å². The number of sulfone groups is 1. The van der Waals surface area contributed by atoms with Crippen LogP contribution in [0.3, 0.4) is 0 Å². The monoisotopic (exact) mass is 221 g/mol. The van der Waals surface area contributed by atoms with Crippen LogP contribution in [-0.2, 0) is 14.6 Å². The highest BCUT2D eigenvalue weighted by Crippen LogP contribution is 2.16. The van der Waals surface area contributed by atoms with E-state index in [1.54, 1.807) is 7.05 Å². The molecular formula is C8H15NO4S. The summed E-state index contributed by atoms with van der Waals surface area (Å²) in [5.41, 5.74) is 0. The molecule has 14 heavy (non-hydrogen) atoms. The zero-order valence-electron chi connectivity index (χ0n) is 8.14. The summed E-state index contributed by atoms with van der Waals surface area (Å²) in [6.07, 6.45) is 0.686. The van der Waals surface area contributed by atoms with E-state index in [1.807, 2.05) is 4.90 Å². The van der Waals surface area contributed by atoms with Crippen LogP contribution in [0.4, 0.5) is 0 Å². The molecule has 6 heteroatoms. The van der Waals surface area contributed by atoms with E-state index in [4.69, 9.17) is 5.11 Å². The minimum Gasteiger partial charge on any atom is -0.481 e. The predicted octanol–water partition coefficient (Wildman–Crippen LogP) is -0.420. The number of hydrogen-bond acceptors (Lipinski definition) is 4. The number of carbonyl (C=O) groups is 1. The highest BCUT2D eigenvalue weighted by atomic mass is 32.2. The Morgan fingerprint density at radius 2 is 2.21 bits per heavy atom. The molecule has 5 nitrogen and oxygen atoms in total. The van der Waals surface area contributed by atoms with Crippen molar-refractivity contribution in [1.82, 2.24) is 4.90 Å². The highest BCUT2D eigenvalue weighted by Gasteiger charge is 2.30. The van der Waals surface area contributed by atoms with Gasteiger partial charge in [-0.15, -0.1) is 0 Å². The fourth-order valence-corrected chi connectivity index (χ4v) is 3.38. The number of nitrogens with zero attached hydrogens (tertiary/aromatic N) is 1. The second-order valence-electron chi connectivity index (χ2n) is 3.68. The largest absolute Gasteiger partial charge is 0.481 e. The van der Waals surface area contributed by atoms with Gasteiger partial charge in [0, 0.05) is 12.6 Å². The number of carboxylic acids is 1. The van der Waals surface area contributed by atoms with Crippen LogP contribution in [0.15, 0.2) is 0 Å². The maximum atomic E-state index is 11.1. The first kappa shape index (κ1) is 11.5. The van der Waals surface area contributed by atoms with Crippen molar-refractivity contribution in [2.24, 2.45) is 0 Å². The molecule has 1 aliphatic rings. The standard InChI is InChI=1S/C8H15NO4S/c1-9(4-2-8(10)11)7-3-5-14(12,13)6-7/h7H,2-6H2,1H3,(H,10,11)/t7-/m1/s1. The normalized spacial score (nSPS) is 25.4. The molecule has 0 amide bonds. The van der Waals surface area contributed by atoms with Gasteiger partial charge in [-0.3, -0.25) is 4.79 Å². The molecule has 0 aliphatic carbocycles. The third-order valence-electron chi connectivity index (χ3n) is 2.51. The first-order valence-corrected chi connectivity index (χ1v) is 6.35. The Kier molecular flexibility index (Phi) is 3.49. The van der Waals surface area contributed by atoms with E-state index in [-0.39, 0.29) is 24.0 Å². The van der Waals surface area contributed by atoms with Crippen molar-refractivity contribution in [3.63, 3.8) is 0 Å². The van der Waals surface area contributed by atoms with Gasteiger partial charge in [-0.2, -0.15) is 0 Å². The summed E-state index contributed by atoms with van der Waals surface area (Å²) < 4.78 is 22.3. The Bertz CT molecular complexity index is 311. The second-order valence-corrected chi connectivity index (χ2v) is 5.91. The molecule has 0 bridgehead atoms. The van der Waals surface area contributed by atoms with Crippen molar-refractivity contribution >= 4 is 15.8 Å². The molecule has 1 fully saturated rings. The van der Waals surface area contributed by atoms with Crippen LogP contribution in [-0.4, -0.2) is 55.5 Å². The molecule has 0 unspecified atom stereocenters. The Balaban J connectivity index is 2.39. The lowest BCUT2D eigenvalue weighted by Crippen LogP contribution is -2.34. The van der Waals surface area contributed by atoms with Gasteiger partial charge in [0.2, 0.25) is 0 Å². The van der Waals surface area contributed by atoms with Crippen molar-refractivity contribution in [2.75, 3.05) is 25.1 Å². The molecular weight excluding hydrogens is 206 g/mol. The lowest BCUT2D eigenvalue weighted by molar-refractivity contribution is -0.137. The van der Waals surface area contributed by atoms with Gasteiger partial charge in [0.1, 0.15) is 0 Å². The van der Waals surface area contributed by atoms with Gasteiger partial charge in [-0.05, 0) is 13.5 Å². The minimum absolute atomic E-state index is 0.000602. The quantitative estimate of drug-likeness (QED) is 0.698. The van der Waals surface area contributed by atoms with Gasteiger partial charge in [0.15, 0.2) is 9.84 Å². The summed E-state index contributed by atoms with van der Waals surface area (Å²) in [7, 11) is -1.10. The smallest absolute Gasteiger partial charge is 0.304 e.